The maximum absolute atomic E-state index is 11.2. The molecule has 1 aromatic carbocycles. The van der Waals surface area contributed by atoms with Crippen molar-refractivity contribution in [1.29, 1.82) is 0 Å². The molecular weight excluding hydrogens is 220 g/mol. The minimum atomic E-state index is -2.83. The van der Waals surface area contributed by atoms with E-state index < -0.39 is 19.3 Å². The Morgan fingerprint density at radius 1 is 1.27 bits per heavy atom. The number of benzene rings is 1. The van der Waals surface area contributed by atoms with Crippen LogP contribution in [0.4, 0.5) is 0 Å². The van der Waals surface area contributed by atoms with Gasteiger partial charge in [-0.15, -0.1) is 0 Å². The van der Waals surface area contributed by atoms with Gasteiger partial charge in [0.2, 0.25) is 5.75 Å². The van der Waals surface area contributed by atoms with Gasteiger partial charge in [0.1, 0.15) is 0 Å². The van der Waals surface area contributed by atoms with Gasteiger partial charge in [0.05, 0.1) is 29.4 Å². The third-order valence-electron chi connectivity index (χ3n) is 1.67. The summed E-state index contributed by atoms with van der Waals surface area (Å²) in [5.74, 6) is -1.05. The Morgan fingerprint density at radius 3 is 2.13 bits per heavy atom. The minimum absolute atomic E-state index is 0.198. The van der Waals surface area contributed by atoms with Crippen molar-refractivity contribution >= 4 is 16.8 Å². The molecule has 0 heterocycles. The van der Waals surface area contributed by atoms with Gasteiger partial charge < -0.3 is 14.2 Å². The number of hydrogen-bond donors (Lipinski definition) is 0. The van der Waals surface area contributed by atoms with Crippen molar-refractivity contribution in [3.63, 3.8) is 0 Å². The molecular formula is C10H11ClO4. The Morgan fingerprint density at radius 2 is 1.80 bits per heavy atom. The van der Waals surface area contributed by atoms with Crippen molar-refractivity contribution in [3.05, 3.63) is 17.7 Å². The second-order valence-electron chi connectivity index (χ2n) is 2.48. The van der Waals surface area contributed by atoms with Gasteiger partial charge in [-0.1, -0.05) is 0 Å². The van der Waals surface area contributed by atoms with Crippen LogP contribution in [0, 0.1) is 0 Å². The average Bonchev–Trinajstić information content (AvgIpc) is 2.23. The maximum Gasteiger partial charge on any atom is 0.252 e. The van der Waals surface area contributed by atoms with Crippen LogP contribution in [0.15, 0.2) is 12.1 Å². The number of methoxy groups -OCH3 is 3. The average molecular weight is 237 g/mol. The minimum Gasteiger partial charge on any atom is -0.493 e. The summed E-state index contributed by atoms with van der Waals surface area (Å²) in [6.45, 7) is 0. The quantitative estimate of drug-likeness (QED) is 0.751. The van der Waals surface area contributed by atoms with Gasteiger partial charge in [0.15, 0.2) is 11.5 Å². The van der Waals surface area contributed by atoms with Gasteiger partial charge in [0.25, 0.3) is 5.24 Å². The van der Waals surface area contributed by atoms with Crippen LogP contribution in [-0.2, 0) is 0 Å². The first-order valence-corrected chi connectivity index (χ1v) is 4.10. The van der Waals surface area contributed by atoms with Crippen molar-refractivity contribution in [2.45, 2.75) is 0 Å². The van der Waals surface area contributed by atoms with Crippen LogP contribution in [0.1, 0.15) is 18.6 Å². The molecule has 0 atom stereocenters. The van der Waals surface area contributed by atoms with Gasteiger partial charge in [-0.3, -0.25) is 4.79 Å². The van der Waals surface area contributed by atoms with E-state index >= 15 is 0 Å². The van der Waals surface area contributed by atoms with E-state index in [0.717, 1.165) is 19.2 Å². The van der Waals surface area contributed by atoms with Crippen LogP contribution in [0.2, 0.25) is 0 Å². The van der Waals surface area contributed by atoms with Gasteiger partial charge in [-0.25, -0.2) is 0 Å². The highest BCUT2D eigenvalue weighted by Crippen LogP contribution is 2.38. The van der Waals surface area contributed by atoms with E-state index in [-0.39, 0.29) is 22.8 Å². The Balaban J connectivity index is 3.43. The molecule has 0 aliphatic heterocycles. The monoisotopic (exact) mass is 236 g/mol. The van der Waals surface area contributed by atoms with Crippen LogP contribution in [0.5, 0.6) is 17.2 Å². The van der Waals surface area contributed by atoms with E-state index in [1.165, 1.54) is 0 Å². The molecule has 4 nitrogen and oxygen atoms in total. The fraction of sp³-hybridized carbons (Fsp3) is 0.300. The molecule has 82 valence electrons. The SMILES string of the molecule is [2H]C([2H])([2H])Oc1cc(C(=O)Cl)cc(OC([2H])([2H])[2H])c1OC. The van der Waals surface area contributed by atoms with Crippen molar-refractivity contribution in [2.24, 2.45) is 0 Å². The molecule has 15 heavy (non-hydrogen) atoms. The summed E-state index contributed by atoms with van der Waals surface area (Å²) in [5, 5.41) is -0.941. The zero-order valence-electron chi connectivity index (χ0n) is 13.7. The Bertz CT molecular complexity index is 502. The normalized spacial score (nSPS) is 17.2. The molecule has 0 radical (unpaired) electrons. The smallest absolute Gasteiger partial charge is 0.252 e. The molecule has 0 bridgehead atoms. The molecule has 0 unspecified atom stereocenters. The Kier molecular flexibility index (Phi) is 1.83. The third-order valence-corrected chi connectivity index (χ3v) is 1.89. The zero-order chi connectivity index (χ0) is 16.4. The standard InChI is InChI=1S/C10H11ClO4/c1-13-7-4-6(10(11)12)5-8(14-2)9(7)15-3/h4-5H,1-3H3/i1D3,2D3. The number of hydrogen-bond acceptors (Lipinski definition) is 4. The number of halogens is 1. The highest BCUT2D eigenvalue weighted by atomic mass is 35.5. The second kappa shape index (κ2) is 4.89. The molecule has 0 saturated carbocycles. The fourth-order valence-electron chi connectivity index (χ4n) is 1.04. The predicted octanol–water partition coefficient (Wildman–Crippen LogP) is 2.09. The van der Waals surface area contributed by atoms with Crippen LogP contribution in [0.3, 0.4) is 0 Å². The van der Waals surface area contributed by atoms with Crippen molar-refractivity contribution in [1.82, 2.24) is 0 Å². The molecule has 5 heteroatoms. The molecule has 0 fully saturated rings. The number of carbonyl (C=O) groups excluding carboxylic acids is 1. The highest BCUT2D eigenvalue weighted by Gasteiger charge is 2.15. The van der Waals surface area contributed by atoms with E-state index in [1.807, 2.05) is 0 Å². The van der Waals surface area contributed by atoms with E-state index in [0.29, 0.717) is 0 Å². The molecule has 0 spiro atoms. The maximum atomic E-state index is 11.2. The van der Waals surface area contributed by atoms with E-state index in [4.69, 9.17) is 24.6 Å². The lowest BCUT2D eigenvalue weighted by Crippen LogP contribution is -1.98. The third kappa shape index (κ3) is 2.33. The number of rotatable bonds is 4. The van der Waals surface area contributed by atoms with E-state index in [1.54, 1.807) is 0 Å². The summed E-state index contributed by atoms with van der Waals surface area (Å²) in [5.41, 5.74) is -0.198. The molecule has 0 amide bonds. The van der Waals surface area contributed by atoms with Gasteiger partial charge >= 0.3 is 0 Å². The summed E-state index contributed by atoms with van der Waals surface area (Å²) >= 11 is 5.31. The summed E-state index contributed by atoms with van der Waals surface area (Å²) in [6, 6.07) is 2.04. The number of carbonyl (C=O) groups is 1. The molecule has 0 aliphatic carbocycles. The summed E-state index contributed by atoms with van der Waals surface area (Å²) in [6.07, 6.45) is 0. The first-order chi connectivity index (χ1) is 9.43. The first-order valence-electron chi connectivity index (χ1n) is 6.73. The summed E-state index contributed by atoms with van der Waals surface area (Å²) < 4.78 is 56.6. The van der Waals surface area contributed by atoms with E-state index in [9.17, 15) is 4.79 Å². The highest BCUT2D eigenvalue weighted by molar-refractivity contribution is 6.67. The fourth-order valence-corrected chi connectivity index (χ4v) is 1.15. The predicted molar refractivity (Wildman–Crippen MR) is 56.3 cm³/mol. The molecule has 1 aromatic rings. The van der Waals surface area contributed by atoms with Gasteiger partial charge in [0, 0.05) is 5.56 Å². The lowest BCUT2D eigenvalue weighted by molar-refractivity contribution is 0.108. The summed E-state index contributed by atoms with van der Waals surface area (Å²) in [7, 11) is -4.51. The van der Waals surface area contributed by atoms with Crippen LogP contribution in [0.25, 0.3) is 0 Å². The number of ether oxygens (including phenoxy) is 3. The van der Waals surface area contributed by atoms with E-state index in [2.05, 4.69) is 9.47 Å². The first kappa shape index (κ1) is 5.61. The molecule has 0 N–H and O–H groups in total. The Labute approximate surface area is 101 Å². The largest absolute Gasteiger partial charge is 0.493 e. The zero-order valence-corrected chi connectivity index (χ0v) is 8.42. The molecule has 0 aromatic heterocycles. The van der Waals surface area contributed by atoms with Crippen molar-refractivity contribution < 1.29 is 27.2 Å². The van der Waals surface area contributed by atoms with Crippen molar-refractivity contribution in [2.75, 3.05) is 21.2 Å². The molecule has 1 rings (SSSR count). The topological polar surface area (TPSA) is 44.8 Å². The van der Waals surface area contributed by atoms with Crippen LogP contribution < -0.4 is 14.2 Å². The lowest BCUT2D eigenvalue weighted by Gasteiger charge is -2.12. The van der Waals surface area contributed by atoms with Gasteiger partial charge in [-0.2, -0.15) is 0 Å². The van der Waals surface area contributed by atoms with Crippen LogP contribution >= 0.6 is 11.6 Å². The lowest BCUT2D eigenvalue weighted by atomic mass is 10.2. The van der Waals surface area contributed by atoms with Crippen molar-refractivity contribution in [3.8, 4) is 17.2 Å². The van der Waals surface area contributed by atoms with Crippen LogP contribution in [-0.4, -0.2) is 26.4 Å². The van der Waals surface area contributed by atoms with Gasteiger partial charge in [-0.05, 0) is 23.7 Å². The second-order valence-corrected chi connectivity index (χ2v) is 2.83. The molecule has 0 aliphatic rings. The summed E-state index contributed by atoms with van der Waals surface area (Å²) in [4.78, 5) is 11.2. The molecule has 0 saturated heterocycles. The Hall–Kier alpha value is -1.42.